The Balaban J connectivity index is 2.75. The van der Waals surface area contributed by atoms with E-state index in [1.807, 2.05) is 13.0 Å². The van der Waals surface area contributed by atoms with Gasteiger partial charge in [-0.2, -0.15) is 0 Å². The van der Waals surface area contributed by atoms with E-state index in [4.69, 9.17) is 4.43 Å². The van der Waals surface area contributed by atoms with Crippen LogP contribution < -0.4 is 0 Å². The molecule has 0 amide bonds. The van der Waals surface area contributed by atoms with Crippen LogP contribution in [0.1, 0.15) is 34.1 Å². The zero-order valence-electron chi connectivity index (χ0n) is 11.9. The maximum Gasteiger partial charge on any atom is 0.192 e. The van der Waals surface area contributed by atoms with Crippen LogP contribution in [-0.2, 0) is 4.43 Å². The number of rotatable bonds is 3. The first-order chi connectivity index (χ1) is 7.52. The summed E-state index contributed by atoms with van der Waals surface area (Å²) in [5, 5.41) is 19.6. The van der Waals surface area contributed by atoms with E-state index in [2.05, 4.69) is 33.9 Å². The van der Waals surface area contributed by atoms with Crippen LogP contribution in [0.5, 0.6) is 0 Å². The SMILES string of the molecule is CC1=C[C@H](O[Si](C)(C)C(C)(C)C)C[C@]1(O)CO. The van der Waals surface area contributed by atoms with E-state index in [9.17, 15) is 10.2 Å². The maximum absolute atomic E-state index is 10.2. The number of hydrogen-bond donors (Lipinski definition) is 2. The van der Waals surface area contributed by atoms with Gasteiger partial charge in [-0.25, -0.2) is 0 Å². The molecule has 1 aliphatic carbocycles. The number of aliphatic hydroxyl groups excluding tert-OH is 1. The maximum atomic E-state index is 10.2. The second-order valence-electron chi connectivity index (χ2n) is 6.66. The summed E-state index contributed by atoms with van der Waals surface area (Å²) in [7, 11) is -1.81. The van der Waals surface area contributed by atoms with E-state index in [-0.39, 0.29) is 17.7 Å². The van der Waals surface area contributed by atoms with E-state index in [1.54, 1.807) is 0 Å². The first kappa shape index (κ1) is 14.9. The van der Waals surface area contributed by atoms with Gasteiger partial charge in [0.25, 0.3) is 0 Å². The Kier molecular flexibility index (Phi) is 3.94. The third-order valence-corrected chi connectivity index (χ3v) is 8.73. The molecule has 100 valence electrons. The topological polar surface area (TPSA) is 49.7 Å². The summed E-state index contributed by atoms with van der Waals surface area (Å²) in [5.74, 6) is 0. The number of aliphatic hydroxyl groups is 2. The summed E-state index contributed by atoms with van der Waals surface area (Å²) < 4.78 is 6.22. The van der Waals surface area contributed by atoms with Gasteiger partial charge >= 0.3 is 0 Å². The van der Waals surface area contributed by atoms with Gasteiger partial charge in [0.05, 0.1) is 12.7 Å². The van der Waals surface area contributed by atoms with Crippen molar-refractivity contribution >= 4 is 8.32 Å². The van der Waals surface area contributed by atoms with Gasteiger partial charge in [0.1, 0.15) is 5.60 Å². The van der Waals surface area contributed by atoms with Gasteiger partial charge in [-0.15, -0.1) is 0 Å². The number of hydrogen-bond acceptors (Lipinski definition) is 3. The van der Waals surface area contributed by atoms with Crippen LogP contribution in [0.3, 0.4) is 0 Å². The molecule has 1 aliphatic rings. The highest BCUT2D eigenvalue weighted by molar-refractivity contribution is 6.74. The summed E-state index contributed by atoms with van der Waals surface area (Å²) in [6.45, 7) is 12.6. The van der Waals surface area contributed by atoms with Crippen LogP contribution in [-0.4, -0.2) is 36.8 Å². The van der Waals surface area contributed by atoms with Crippen LogP contribution in [0.2, 0.25) is 18.1 Å². The average Bonchev–Trinajstić information content (AvgIpc) is 2.40. The smallest absolute Gasteiger partial charge is 0.192 e. The fourth-order valence-electron chi connectivity index (χ4n) is 1.81. The summed E-state index contributed by atoms with van der Waals surface area (Å²) in [6.07, 6.45) is 2.37. The van der Waals surface area contributed by atoms with Crippen molar-refractivity contribution in [2.45, 2.75) is 64.0 Å². The van der Waals surface area contributed by atoms with Gasteiger partial charge in [-0.3, -0.25) is 0 Å². The molecule has 0 bridgehead atoms. The van der Waals surface area contributed by atoms with Crippen molar-refractivity contribution in [1.29, 1.82) is 0 Å². The first-order valence-corrected chi connectivity index (χ1v) is 9.13. The van der Waals surface area contributed by atoms with Gasteiger partial charge < -0.3 is 14.6 Å². The third-order valence-electron chi connectivity index (χ3n) is 4.22. The molecule has 0 aliphatic heterocycles. The van der Waals surface area contributed by atoms with Gasteiger partial charge in [-0.1, -0.05) is 26.8 Å². The normalized spacial score (nSPS) is 30.6. The van der Waals surface area contributed by atoms with Gasteiger partial charge in [-0.05, 0) is 30.6 Å². The van der Waals surface area contributed by atoms with Crippen LogP contribution in [0.25, 0.3) is 0 Å². The molecule has 0 heterocycles. The molecule has 0 aromatic heterocycles. The molecule has 0 unspecified atom stereocenters. The highest BCUT2D eigenvalue weighted by atomic mass is 28.4. The van der Waals surface area contributed by atoms with Crippen molar-refractivity contribution in [3.8, 4) is 0 Å². The minimum atomic E-state index is -1.81. The van der Waals surface area contributed by atoms with Crippen molar-refractivity contribution in [2.24, 2.45) is 0 Å². The lowest BCUT2D eigenvalue weighted by atomic mass is 9.98. The summed E-state index contributed by atoms with van der Waals surface area (Å²) in [4.78, 5) is 0. The largest absolute Gasteiger partial charge is 0.410 e. The van der Waals surface area contributed by atoms with E-state index < -0.39 is 13.9 Å². The molecule has 3 nitrogen and oxygen atoms in total. The predicted molar refractivity (Wildman–Crippen MR) is 72.5 cm³/mol. The molecule has 2 N–H and O–H groups in total. The summed E-state index contributed by atoms with van der Waals surface area (Å²) in [6, 6.07) is 0. The Bertz CT molecular complexity index is 317. The molecule has 0 aromatic carbocycles. The second-order valence-corrected chi connectivity index (χ2v) is 11.4. The molecular weight excluding hydrogens is 232 g/mol. The average molecular weight is 258 g/mol. The zero-order chi connectivity index (χ0) is 13.5. The molecule has 4 heteroatoms. The van der Waals surface area contributed by atoms with E-state index in [0.29, 0.717) is 6.42 Å². The lowest BCUT2D eigenvalue weighted by molar-refractivity contribution is 0.00179. The molecule has 17 heavy (non-hydrogen) atoms. The molecule has 0 saturated carbocycles. The van der Waals surface area contributed by atoms with Crippen LogP contribution in [0.15, 0.2) is 11.6 Å². The molecule has 1 rings (SSSR count). The Morgan fingerprint density at radius 1 is 1.47 bits per heavy atom. The van der Waals surface area contributed by atoms with Crippen LogP contribution in [0, 0.1) is 0 Å². The van der Waals surface area contributed by atoms with Crippen LogP contribution in [0.4, 0.5) is 0 Å². The third kappa shape index (κ3) is 2.99. The van der Waals surface area contributed by atoms with E-state index >= 15 is 0 Å². The molecule has 0 radical (unpaired) electrons. The Morgan fingerprint density at radius 3 is 2.35 bits per heavy atom. The first-order valence-electron chi connectivity index (χ1n) is 6.22. The standard InChI is InChI=1S/C13H26O3Si/c1-10-7-11(8-13(10,15)9-14)16-17(5,6)12(2,3)4/h7,11,14-15H,8-9H2,1-6H3/t11-,13-/m0/s1. The Labute approximate surface area is 106 Å². The Morgan fingerprint density at radius 2 is 2.00 bits per heavy atom. The summed E-state index contributed by atoms with van der Waals surface area (Å²) >= 11 is 0. The highest BCUT2D eigenvalue weighted by Gasteiger charge is 2.43. The molecule has 0 aromatic rings. The van der Waals surface area contributed by atoms with Crippen molar-refractivity contribution < 1.29 is 14.6 Å². The van der Waals surface area contributed by atoms with Crippen molar-refractivity contribution in [1.82, 2.24) is 0 Å². The summed E-state index contributed by atoms with van der Waals surface area (Å²) in [5.41, 5.74) is -0.253. The van der Waals surface area contributed by atoms with Crippen molar-refractivity contribution in [2.75, 3.05) is 6.61 Å². The van der Waals surface area contributed by atoms with Gasteiger partial charge in [0.2, 0.25) is 0 Å². The van der Waals surface area contributed by atoms with E-state index in [0.717, 1.165) is 5.57 Å². The molecule has 0 spiro atoms. The monoisotopic (exact) mass is 258 g/mol. The lowest BCUT2D eigenvalue weighted by Gasteiger charge is -2.38. The quantitative estimate of drug-likeness (QED) is 0.604. The van der Waals surface area contributed by atoms with Crippen molar-refractivity contribution in [3.05, 3.63) is 11.6 Å². The minimum Gasteiger partial charge on any atom is -0.410 e. The zero-order valence-corrected chi connectivity index (χ0v) is 12.9. The molecule has 0 fully saturated rings. The highest BCUT2D eigenvalue weighted by Crippen LogP contribution is 2.40. The fourth-order valence-corrected chi connectivity index (χ4v) is 3.07. The van der Waals surface area contributed by atoms with Gasteiger partial charge in [0, 0.05) is 6.42 Å². The van der Waals surface area contributed by atoms with Gasteiger partial charge in [0.15, 0.2) is 8.32 Å². The second kappa shape index (κ2) is 4.50. The fraction of sp³-hybridized carbons (Fsp3) is 0.846. The minimum absolute atomic E-state index is 0.0620. The Hall–Kier alpha value is -0.163. The molecular formula is C13H26O3Si. The van der Waals surface area contributed by atoms with E-state index in [1.165, 1.54) is 0 Å². The predicted octanol–water partition coefficient (Wildman–Crippen LogP) is 2.45. The van der Waals surface area contributed by atoms with Crippen LogP contribution >= 0.6 is 0 Å². The molecule has 0 saturated heterocycles. The van der Waals surface area contributed by atoms with Crippen molar-refractivity contribution in [3.63, 3.8) is 0 Å². The molecule has 2 atom stereocenters. The lowest BCUT2D eigenvalue weighted by Crippen LogP contribution is -2.44.